The molecule has 1 heterocycles. The van der Waals surface area contributed by atoms with Crippen LogP contribution in [0.15, 0.2) is 35.5 Å². The van der Waals surface area contributed by atoms with E-state index in [1.165, 1.54) is 11.8 Å². The second-order valence-corrected chi connectivity index (χ2v) is 6.23. The van der Waals surface area contributed by atoms with Crippen LogP contribution in [0, 0.1) is 20.8 Å². The SMILES string of the molecule is Cc1nc(S[C@H](C)C(=O)Nc2ccccc2)nc(C)c1C. The third kappa shape index (κ3) is 4.04. The van der Waals surface area contributed by atoms with Crippen molar-refractivity contribution in [3.63, 3.8) is 0 Å². The van der Waals surface area contributed by atoms with Crippen molar-refractivity contribution in [3.05, 3.63) is 47.3 Å². The summed E-state index contributed by atoms with van der Waals surface area (Å²) in [6.07, 6.45) is 0. The molecule has 0 spiro atoms. The van der Waals surface area contributed by atoms with Crippen molar-refractivity contribution in [1.82, 2.24) is 9.97 Å². The molecule has 1 aromatic carbocycles. The van der Waals surface area contributed by atoms with Crippen LogP contribution in [0.5, 0.6) is 0 Å². The minimum atomic E-state index is -0.258. The van der Waals surface area contributed by atoms with Crippen molar-refractivity contribution < 1.29 is 4.79 Å². The lowest BCUT2D eigenvalue weighted by Gasteiger charge is -2.12. The number of thioether (sulfide) groups is 1. The number of rotatable bonds is 4. The Morgan fingerprint density at radius 2 is 1.67 bits per heavy atom. The topological polar surface area (TPSA) is 54.9 Å². The smallest absolute Gasteiger partial charge is 0.237 e. The largest absolute Gasteiger partial charge is 0.325 e. The molecule has 0 bridgehead atoms. The predicted octanol–water partition coefficient (Wildman–Crippen LogP) is 3.52. The molecule has 1 amide bonds. The van der Waals surface area contributed by atoms with Crippen molar-refractivity contribution in [2.45, 2.75) is 38.1 Å². The molecule has 0 fully saturated rings. The number of benzene rings is 1. The zero-order valence-electron chi connectivity index (χ0n) is 12.7. The molecule has 0 aliphatic heterocycles. The van der Waals surface area contributed by atoms with Crippen LogP contribution in [-0.2, 0) is 4.79 Å². The minimum Gasteiger partial charge on any atom is -0.325 e. The van der Waals surface area contributed by atoms with E-state index in [-0.39, 0.29) is 11.2 Å². The van der Waals surface area contributed by atoms with Crippen LogP contribution >= 0.6 is 11.8 Å². The number of hydrogen-bond donors (Lipinski definition) is 1. The van der Waals surface area contributed by atoms with Gasteiger partial charge in [0.2, 0.25) is 5.91 Å². The van der Waals surface area contributed by atoms with Crippen molar-refractivity contribution >= 4 is 23.4 Å². The number of aryl methyl sites for hydroxylation is 2. The first-order valence-corrected chi connectivity index (χ1v) is 7.69. The summed E-state index contributed by atoms with van der Waals surface area (Å²) >= 11 is 1.37. The van der Waals surface area contributed by atoms with Crippen molar-refractivity contribution in [2.24, 2.45) is 0 Å². The zero-order chi connectivity index (χ0) is 15.4. The van der Waals surface area contributed by atoms with Crippen LogP contribution in [0.2, 0.25) is 0 Å². The summed E-state index contributed by atoms with van der Waals surface area (Å²) < 4.78 is 0. The van der Waals surface area contributed by atoms with E-state index in [9.17, 15) is 4.79 Å². The lowest BCUT2D eigenvalue weighted by Crippen LogP contribution is -2.22. The number of nitrogens with one attached hydrogen (secondary N) is 1. The number of carbonyl (C=O) groups excluding carboxylic acids is 1. The van der Waals surface area contributed by atoms with Gasteiger partial charge in [-0.1, -0.05) is 30.0 Å². The molecule has 0 saturated carbocycles. The standard InChI is InChI=1S/C16H19N3OS/c1-10-11(2)17-16(18-12(10)3)21-13(4)15(20)19-14-8-6-5-7-9-14/h5-9,13H,1-4H3,(H,19,20)/t13-/m1/s1. The molecule has 1 N–H and O–H groups in total. The van der Waals surface area contributed by atoms with E-state index in [0.717, 1.165) is 22.6 Å². The lowest BCUT2D eigenvalue weighted by atomic mass is 10.2. The first kappa shape index (κ1) is 15.5. The molecule has 0 radical (unpaired) electrons. The van der Waals surface area contributed by atoms with Crippen LogP contribution < -0.4 is 5.32 Å². The fourth-order valence-electron chi connectivity index (χ4n) is 1.77. The van der Waals surface area contributed by atoms with Gasteiger partial charge in [0.25, 0.3) is 0 Å². The van der Waals surface area contributed by atoms with E-state index in [4.69, 9.17) is 0 Å². The van der Waals surface area contributed by atoms with Gasteiger partial charge in [0.1, 0.15) is 0 Å². The maximum Gasteiger partial charge on any atom is 0.237 e. The predicted molar refractivity (Wildman–Crippen MR) is 86.6 cm³/mol. The van der Waals surface area contributed by atoms with Crippen LogP contribution in [0.3, 0.4) is 0 Å². The number of amides is 1. The molecule has 1 aromatic heterocycles. The molecule has 1 atom stereocenters. The summed E-state index contributed by atoms with van der Waals surface area (Å²) in [5.74, 6) is -0.0503. The molecule has 4 nitrogen and oxygen atoms in total. The highest BCUT2D eigenvalue weighted by Crippen LogP contribution is 2.22. The molecule has 5 heteroatoms. The summed E-state index contributed by atoms with van der Waals surface area (Å²) in [5.41, 5.74) is 3.81. The molecule has 2 rings (SSSR count). The number of para-hydroxylation sites is 1. The van der Waals surface area contributed by atoms with Gasteiger partial charge in [0.05, 0.1) is 5.25 Å². The van der Waals surface area contributed by atoms with E-state index in [0.29, 0.717) is 5.16 Å². The van der Waals surface area contributed by atoms with Gasteiger partial charge in [-0.25, -0.2) is 9.97 Å². The number of anilines is 1. The average Bonchev–Trinajstić information content (AvgIpc) is 2.45. The summed E-state index contributed by atoms with van der Waals surface area (Å²) in [4.78, 5) is 21.0. The Morgan fingerprint density at radius 3 is 2.24 bits per heavy atom. The Bertz CT molecular complexity index is 620. The Balaban J connectivity index is 2.04. The van der Waals surface area contributed by atoms with Gasteiger partial charge in [-0.2, -0.15) is 0 Å². The van der Waals surface area contributed by atoms with Gasteiger partial charge in [0, 0.05) is 17.1 Å². The number of aromatic nitrogens is 2. The molecule has 0 aliphatic rings. The van der Waals surface area contributed by atoms with Gasteiger partial charge in [-0.15, -0.1) is 0 Å². The van der Waals surface area contributed by atoms with Gasteiger partial charge < -0.3 is 5.32 Å². The first-order valence-electron chi connectivity index (χ1n) is 6.82. The molecular formula is C16H19N3OS. The van der Waals surface area contributed by atoms with Gasteiger partial charge >= 0.3 is 0 Å². The Labute approximate surface area is 129 Å². The van der Waals surface area contributed by atoms with Crippen molar-refractivity contribution in [2.75, 3.05) is 5.32 Å². The Kier molecular flexibility index (Phi) is 4.96. The second-order valence-electron chi connectivity index (χ2n) is 4.92. The van der Waals surface area contributed by atoms with E-state index >= 15 is 0 Å². The maximum atomic E-state index is 12.2. The fraction of sp³-hybridized carbons (Fsp3) is 0.312. The van der Waals surface area contributed by atoms with Crippen LogP contribution in [0.1, 0.15) is 23.9 Å². The summed E-state index contributed by atoms with van der Waals surface area (Å²) in [7, 11) is 0. The molecule has 110 valence electrons. The molecule has 0 saturated heterocycles. The van der Waals surface area contributed by atoms with Gasteiger partial charge in [-0.3, -0.25) is 4.79 Å². The van der Waals surface area contributed by atoms with E-state index in [1.54, 1.807) is 0 Å². The normalized spacial score (nSPS) is 12.0. The third-order valence-corrected chi connectivity index (χ3v) is 4.27. The van der Waals surface area contributed by atoms with Gasteiger partial charge in [-0.05, 0) is 45.4 Å². The molecule has 0 unspecified atom stereocenters. The highest BCUT2D eigenvalue weighted by molar-refractivity contribution is 8.00. The van der Waals surface area contributed by atoms with Crippen LogP contribution in [0.4, 0.5) is 5.69 Å². The average molecular weight is 301 g/mol. The molecular weight excluding hydrogens is 282 g/mol. The van der Waals surface area contributed by atoms with E-state index in [1.807, 2.05) is 58.0 Å². The summed E-state index contributed by atoms with van der Waals surface area (Å²) in [6, 6.07) is 9.43. The minimum absolute atomic E-state index is 0.0503. The highest BCUT2D eigenvalue weighted by Gasteiger charge is 2.17. The van der Waals surface area contributed by atoms with E-state index < -0.39 is 0 Å². The van der Waals surface area contributed by atoms with Crippen LogP contribution in [-0.4, -0.2) is 21.1 Å². The molecule has 21 heavy (non-hydrogen) atoms. The Morgan fingerprint density at radius 1 is 1.10 bits per heavy atom. The first-order chi connectivity index (χ1) is 9.97. The fourth-order valence-corrected chi connectivity index (χ4v) is 2.63. The monoisotopic (exact) mass is 301 g/mol. The number of nitrogens with zero attached hydrogens (tertiary/aromatic N) is 2. The van der Waals surface area contributed by atoms with Crippen LogP contribution in [0.25, 0.3) is 0 Å². The molecule has 2 aromatic rings. The third-order valence-electron chi connectivity index (χ3n) is 3.30. The highest BCUT2D eigenvalue weighted by atomic mass is 32.2. The lowest BCUT2D eigenvalue weighted by molar-refractivity contribution is -0.115. The quantitative estimate of drug-likeness (QED) is 0.693. The molecule has 0 aliphatic carbocycles. The summed E-state index contributed by atoms with van der Waals surface area (Å²) in [5, 5.41) is 3.27. The van der Waals surface area contributed by atoms with Crippen molar-refractivity contribution in [1.29, 1.82) is 0 Å². The second kappa shape index (κ2) is 6.72. The van der Waals surface area contributed by atoms with Gasteiger partial charge in [0.15, 0.2) is 5.16 Å². The maximum absolute atomic E-state index is 12.2. The zero-order valence-corrected chi connectivity index (χ0v) is 13.5. The van der Waals surface area contributed by atoms with E-state index in [2.05, 4.69) is 15.3 Å². The number of carbonyl (C=O) groups is 1. The number of hydrogen-bond acceptors (Lipinski definition) is 4. The Hall–Kier alpha value is -1.88. The summed E-state index contributed by atoms with van der Waals surface area (Å²) in [6.45, 7) is 7.78. The van der Waals surface area contributed by atoms with Crippen molar-refractivity contribution in [3.8, 4) is 0 Å².